The highest BCUT2D eigenvalue weighted by molar-refractivity contribution is 7.89. The largest absolute Gasteiger partial charge is 0.240 e. The predicted octanol–water partition coefficient (Wildman–Crippen LogP) is 3.57. The van der Waals surface area contributed by atoms with Gasteiger partial charge in [-0.05, 0) is 43.4 Å². The van der Waals surface area contributed by atoms with Gasteiger partial charge in [0.05, 0.1) is 4.90 Å². The van der Waals surface area contributed by atoms with Gasteiger partial charge in [0, 0.05) is 11.9 Å². The minimum Gasteiger partial charge on any atom is -0.208 e. The first-order chi connectivity index (χ1) is 9.39. The van der Waals surface area contributed by atoms with Gasteiger partial charge < -0.3 is 0 Å². The topological polar surface area (TPSA) is 46.2 Å². The van der Waals surface area contributed by atoms with E-state index in [-0.39, 0.29) is 6.04 Å². The summed E-state index contributed by atoms with van der Waals surface area (Å²) in [6, 6.07) is 6.85. The molecule has 3 nitrogen and oxygen atoms in total. The molecule has 1 N–H and O–H groups in total. The van der Waals surface area contributed by atoms with Crippen molar-refractivity contribution in [3.63, 3.8) is 0 Å². The van der Waals surface area contributed by atoms with E-state index in [1.165, 1.54) is 0 Å². The summed E-state index contributed by atoms with van der Waals surface area (Å²) < 4.78 is 27.2. The van der Waals surface area contributed by atoms with Crippen molar-refractivity contribution < 1.29 is 8.42 Å². The number of hydrogen-bond acceptors (Lipinski definition) is 2. The number of halogens is 1. The Balaban J connectivity index is 2.72. The number of rotatable bonds is 8. The van der Waals surface area contributed by atoms with E-state index in [1.807, 2.05) is 19.1 Å². The molecule has 0 heterocycles. The van der Waals surface area contributed by atoms with Crippen molar-refractivity contribution in [1.82, 2.24) is 4.72 Å². The van der Waals surface area contributed by atoms with Crippen LogP contribution in [0.3, 0.4) is 0 Å². The summed E-state index contributed by atoms with van der Waals surface area (Å²) in [5, 5.41) is 0. The summed E-state index contributed by atoms with van der Waals surface area (Å²) in [5.41, 5.74) is 1.05. The third-order valence-corrected chi connectivity index (χ3v) is 5.22. The maximum atomic E-state index is 12.2. The SMILES string of the molecule is CCC(C)CC(C)NS(=O)(=O)c1ccc(CCCl)cc1. The first-order valence-corrected chi connectivity index (χ1v) is 9.08. The fourth-order valence-corrected chi connectivity index (χ4v) is 3.57. The maximum Gasteiger partial charge on any atom is 0.240 e. The molecule has 0 bridgehead atoms. The molecule has 1 aromatic rings. The molecule has 0 saturated carbocycles. The molecule has 20 heavy (non-hydrogen) atoms. The highest BCUT2D eigenvalue weighted by Gasteiger charge is 2.18. The second-order valence-corrected chi connectivity index (χ2v) is 7.45. The van der Waals surface area contributed by atoms with Gasteiger partial charge in [0.1, 0.15) is 0 Å². The summed E-state index contributed by atoms with van der Waals surface area (Å²) in [6.07, 6.45) is 2.65. The van der Waals surface area contributed by atoms with Gasteiger partial charge in [-0.1, -0.05) is 32.4 Å². The number of nitrogens with one attached hydrogen (secondary N) is 1. The average Bonchev–Trinajstić information content (AvgIpc) is 2.38. The molecule has 0 aliphatic carbocycles. The van der Waals surface area contributed by atoms with E-state index >= 15 is 0 Å². The van der Waals surface area contributed by atoms with Gasteiger partial charge in [0.15, 0.2) is 0 Å². The zero-order valence-corrected chi connectivity index (χ0v) is 14.0. The minimum atomic E-state index is -3.43. The Bertz CT molecular complexity index is 499. The van der Waals surface area contributed by atoms with E-state index in [0.717, 1.165) is 24.8 Å². The lowest BCUT2D eigenvalue weighted by molar-refractivity contribution is 0.445. The second kappa shape index (κ2) is 8.01. The lowest BCUT2D eigenvalue weighted by Gasteiger charge is -2.17. The molecule has 2 atom stereocenters. The first kappa shape index (κ1) is 17.5. The van der Waals surface area contributed by atoms with Gasteiger partial charge in [-0.2, -0.15) is 0 Å². The number of alkyl halides is 1. The molecule has 0 spiro atoms. The molecule has 0 fully saturated rings. The van der Waals surface area contributed by atoms with E-state index in [0.29, 0.717) is 16.7 Å². The van der Waals surface area contributed by atoms with Crippen molar-refractivity contribution in [3.8, 4) is 0 Å². The fourth-order valence-electron chi connectivity index (χ4n) is 2.10. The molecule has 114 valence electrons. The standard InChI is InChI=1S/C15H24ClNO2S/c1-4-12(2)11-13(3)17-20(18,19)15-7-5-14(6-8-15)9-10-16/h5-8,12-13,17H,4,9-11H2,1-3H3. The lowest BCUT2D eigenvalue weighted by Crippen LogP contribution is -2.33. The summed E-state index contributed by atoms with van der Waals surface area (Å²) in [6.45, 7) is 6.15. The monoisotopic (exact) mass is 317 g/mol. The van der Waals surface area contributed by atoms with E-state index in [2.05, 4.69) is 18.6 Å². The molecular formula is C15H24ClNO2S. The fraction of sp³-hybridized carbons (Fsp3) is 0.600. The average molecular weight is 318 g/mol. The van der Waals surface area contributed by atoms with Crippen LogP contribution in [0.15, 0.2) is 29.2 Å². The van der Waals surface area contributed by atoms with Crippen molar-refractivity contribution in [2.75, 3.05) is 5.88 Å². The molecular weight excluding hydrogens is 294 g/mol. The van der Waals surface area contributed by atoms with Crippen LogP contribution >= 0.6 is 11.6 Å². The summed E-state index contributed by atoms with van der Waals surface area (Å²) >= 11 is 5.67. The van der Waals surface area contributed by atoms with Crippen LogP contribution in [0.5, 0.6) is 0 Å². The number of sulfonamides is 1. The van der Waals surface area contributed by atoms with Crippen LogP contribution in [-0.2, 0) is 16.4 Å². The third-order valence-electron chi connectivity index (χ3n) is 3.43. The Morgan fingerprint density at radius 1 is 1.20 bits per heavy atom. The van der Waals surface area contributed by atoms with Gasteiger partial charge in [0.25, 0.3) is 0 Å². The zero-order valence-electron chi connectivity index (χ0n) is 12.4. The summed E-state index contributed by atoms with van der Waals surface area (Å²) in [4.78, 5) is 0.312. The molecule has 5 heteroatoms. The van der Waals surface area contributed by atoms with Crippen LogP contribution in [0.4, 0.5) is 0 Å². The van der Waals surface area contributed by atoms with Gasteiger partial charge in [-0.3, -0.25) is 0 Å². The van der Waals surface area contributed by atoms with E-state index < -0.39 is 10.0 Å². The van der Waals surface area contributed by atoms with Crippen molar-refractivity contribution >= 4 is 21.6 Å². The highest BCUT2D eigenvalue weighted by Crippen LogP contribution is 2.15. The normalized spacial score (nSPS) is 15.0. The molecule has 1 rings (SSSR count). The number of benzene rings is 1. The Labute approximate surface area is 127 Å². The summed E-state index contributed by atoms with van der Waals surface area (Å²) in [7, 11) is -3.43. The highest BCUT2D eigenvalue weighted by atomic mass is 35.5. The van der Waals surface area contributed by atoms with Crippen LogP contribution in [-0.4, -0.2) is 20.3 Å². The van der Waals surface area contributed by atoms with Gasteiger partial charge in [-0.25, -0.2) is 13.1 Å². The van der Waals surface area contributed by atoms with Gasteiger partial charge in [-0.15, -0.1) is 11.6 Å². The molecule has 0 aliphatic heterocycles. The van der Waals surface area contributed by atoms with Crippen LogP contribution in [0.1, 0.15) is 39.2 Å². The van der Waals surface area contributed by atoms with E-state index in [4.69, 9.17) is 11.6 Å². The number of aryl methyl sites for hydroxylation is 1. The van der Waals surface area contributed by atoms with Crippen LogP contribution < -0.4 is 4.72 Å². The molecule has 0 aromatic heterocycles. The molecule has 1 aromatic carbocycles. The molecule has 0 amide bonds. The number of hydrogen-bond donors (Lipinski definition) is 1. The zero-order chi connectivity index (χ0) is 15.2. The van der Waals surface area contributed by atoms with E-state index in [1.54, 1.807) is 12.1 Å². The van der Waals surface area contributed by atoms with Gasteiger partial charge >= 0.3 is 0 Å². The third kappa shape index (κ3) is 5.43. The molecule has 0 aliphatic rings. The van der Waals surface area contributed by atoms with E-state index in [9.17, 15) is 8.42 Å². The van der Waals surface area contributed by atoms with Crippen molar-refractivity contribution in [1.29, 1.82) is 0 Å². The van der Waals surface area contributed by atoms with Gasteiger partial charge in [0.2, 0.25) is 10.0 Å². The van der Waals surface area contributed by atoms with Crippen molar-refractivity contribution in [3.05, 3.63) is 29.8 Å². The van der Waals surface area contributed by atoms with Crippen molar-refractivity contribution in [2.45, 2.75) is 51.0 Å². The quantitative estimate of drug-likeness (QED) is 0.745. The molecule has 0 radical (unpaired) electrons. The van der Waals surface area contributed by atoms with Crippen LogP contribution in [0.25, 0.3) is 0 Å². The smallest absolute Gasteiger partial charge is 0.208 e. The van der Waals surface area contributed by atoms with Crippen LogP contribution in [0.2, 0.25) is 0 Å². The maximum absolute atomic E-state index is 12.2. The second-order valence-electron chi connectivity index (χ2n) is 5.35. The lowest BCUT2D eigenvalue weighted by atomic mass is 10.0. The molecule has 0 saturated heterocycles. The summed E-state index contributed by atoms with van der Waals surface area (Å²) in [5.74, 6) is 1.05. The van der Waals surface area contributed by atoms with Crippen molar-refractivity contribution in [2.24, 2.45) is 5.92 Å². The Kier molecular flexibility index (Phi) is 7.00. The molecule has 2 unspecified atom stereocenters. The Morgan fingerprint density at radius 2 is 1.80 bits per heavy atom. The Hall–Kier alpha value is -0.580. The Morgan fingerprint density at radius 3 is 2.30 bits per heavy atom. The first-order valence-electron chi connectivity index (χ1n) is 7.06. The predicted molar refractivity (Wildman–Crippen MR) is 84.7 cm³/mol. The van der Waals surface area contributed by atoms with Crippen LogP contribution in [0, 0.1) is 5.92 Å². The minimum absolute atomic E-state index is 0.0579.